The number of ether oxygens (including phenoxy) is 1. The highest BCUT2D eigenvalue weighted by Gasteiger charge is 2.53. The monoisotopic (exact) mass is 443 g/mol. The highest BCUT2D eigenvalue weighted by atomic mass is 35.5. The Labute approximate surface area is 187 Å². The summed E-state index contributed by atoms with van der Waals surface area (Å²) in [4.78, 5) is 15.2. The number of hydrogen-bond donors (Lipinski definition) is 2. The van der Waals surface area contributed by atoms with E-state index in [1.807, 2.05) is 0 Å². The zero-order valence-corrected chi connectivity index (χ0v) is 19.0. The summed E-state index contributed by atoms with van der Waals surface area (Å²) in [6.45, 7) is 4.59. The van der Waals surface area contributed by atoms with Crippen LogP contribution in [0.5, 0.6) is 0 Å². The van der Waals surface area contributed by atoms with Crippen LogP contribution < -0.4 is 10.6 Å². The van der Waals surface area contributed by atoms with E-state index < -0.39 is 0 Å². The number of piperidine rings is 1. The minimum absolute atomic E-state index is 0. The standard InChI is InChI=1S/C22H33N3O2.2ClH/c1-27-21-20(24-19(26)16-25-14-6-2-3-7-15-25)17-8-4-5-9-18(17)22(21)10-12-23-13-11-22;;/h4-5,8-9,20-21,23H,2-3,6-7,10-16H2,1H3,(H,24,26);2*1H/t20-,21+;;/m1../s1. The molecular weight excluding hydrogens is 409 g/mol. The minimum atomic E-state index is -0.0521. The number of halogens is 2. The molecule has 1 amide bonds. The minimum Gasteiger partial charge on any atom is -0.378 e. The van der Waals surface area contributed by atoms with E-state index in [4.69, 9.17) is 4.74 Å². The molecule has 2 atom stereocenters. The molecule has 29 heavy (non-hydrogen) atoms. The second-order valence-electron chi connectivity index (χ2n) is 8.39. The van der Waals surface area contributed by atoms with Crippen LogP contribution >= 0.6 is 24.8 Å². The molecule has 0 aromatic heterocycles. The average molecular weight is 444 g/mol. The Balaban J connectivity index is 0.00000150. The quantitative estimate of drug-likeness (QED) is 0.749. The van der Waals surface area contributed by atoms with Gasteiger partial charge in [0.15, 0.2) is 0 Å². The van der Waals surface area contributed by atoms with Crippen LogP contribution in [0.4, 0.5) is 0 Å². The third-order valence-corrected chi connectivity index (χ3v) is 6.81. The van der Waals surface area contributed by atoms with Gasteiger partial charge in [0.25, 0.3) is 0 Å². The Morgan fingerprint density at radius 2 is 1.79 bits per heavy atom. The summed E-state index contributed by atoms with van der Waals surface area (Å²) in [5, 5.41) is 6.83. The maximum atomic E-state index is 12.9. The number of carbonyl (C=O) groups excluding carboxylic acids is 1. The number of methoxy groups -OCH3 is 1. The fourth-order valence-electron chi connectivity index (χ4n) is 5.52. The zero-order chi connectivity index (χ0) is 18.7. The van der Waals surface area contributed by atoms with E-state index in [9.17, 15) is 4.79 Å². The molecule has 2 fully saturated rings. The van der Waals surface area contributed by atoms with Crippen molar-refractivity contribution in [1.82, 2.24) is 15.5 Å². The first-order valence-electron chi connectivity index (χ1n) is 10.6. The smallest absolute Gasteiger partial charge is 0.234 e. The van der Waals surface area contributed by atoms with Crippen molar-refractivity contribution in [2.45, 2.75) is 56.1 Å². The second kappa shape index (κ2) is 11.0. The van der Waals surface area contributed by atoms with Gasteiger partial charge in [-0.1, -0.05) is 37.1 Å². The van der Waals surface area contributed by atoms with Crippen LogP contribution in [0, 0.1) is 0 Å². The first-order chi connectivity index (χ1) is 13.2. The van der Waals surface area contributed by atoms with Crippen LogP contribution in [-0.4, -0.2) is 56.7 Å². The van der Waals surface area contributed by atoms with Crippen molar-refractivity contribution in [2.24, 2.45) is 0 Å². The van der Waals surface area contributed by atoms with Gasteiger partial charge in [-0.15, -0.1) is 24.8 Å². The molecular formula is C22H35Cl2N3O2. The van der Waals surface area contributed by atoms with Crippen molar-refractivity contribution in [3.63, 3.8) is 0 Å². The molecule has 1 aliphatic carbocycles. The van der Waals surface area contributed by atoms with Gasteiger partial charge in [-0.05, 0) is 63.0 Å². The maximum absolute atomic E-state index is 12.9. The summed E-state index contributed by atoms with van der Waals surface area (Å²) in [6.07, 6.45) is 7.10. The lowest BCUT2D eigenvalue weighted by atomic mass is 9.72. The van der Waals surface area contributed by atoms with Gasteiger partial charge in [0.1, 0.15) is 0 Å². The molecule has 3 aliphatic rings. The van der Waals surface area contributed by atoms with E-state index in [1.54, 1.807) is 7.11 Å². The van der Waals surface area contributed by atoms with Crippen LogP contribution in [0.3, 0.4) is 0 Å². The molecule has 0 bridgehead atoms. The van der Waals surface area contributed by atoms with Gasteiger partial charge < -0.3 is 15.4 Å². The molecule has 1 spiro atoms. The molecule has 2 heterocycles. The first kappa shape index (κ1) is 24.4. The van der Waals surface area contributed by atoms with Crippen LogP contribution in [0.25, 0.3) is 0 Å². The van der Waals surface area contributed by atoms with Crippen molar-refractivity contribution in [1.29, 1.82) is 0 Å². The van der Waals surface area contributed by atoms with Gasteiger partial charge >= 0.3 is 0 Å². The Morgan fingerprint density at radius 1 is 1.14 bits per heavy atom. The number of likely N-dealkylation sites (tertiary alicyclic amines) is 1. The summed E-state index contributed by atoms with van der Waals surface area (Å²) in [5.74, 6) is 0.129. The molecule has 4 rings (SSSR count). The molecule has 5 nitrogen and oxygen atoms in total. The summed E-state index contributed by atoms with van der Waals surface area (Å²) in [6, 6.07) is 8.57. The Hall–Kier alpha value is -0.850. The van der Waals surface area contributed by atoms with E-state index in [1.165, 1.54) is 36.8 Å². The predicted molar refractivity (Wildman–Crippen MR) is 121 cm³/mol. The number of nitrogens with zero attached hydrogens (tertiary/aromatic N) is 1. The average Bonchev–Trinajstić information content (AvgIpc) is 2.85. The molecule has 0 unspecified atom stereocenters. The van der Waals surface area contributed by atoms with Crippen molar-refractivity contribution in [2.75, 3.05) is 39.8 Å². The Morgan fingerprint density at radius 3 is 2.45 bits per heavy atom. The van der Waals surface area contributed by atoms with Crippen molar-refractivity contribution >= 4 is 30.7 Å². The molecule has 1 aromatic rings. The van der Waals surface area contributed by atoms with Crippen molar-refractivity contribution < 1.29 is 9.53 Å². The number of amides is 1. The van der Waals surface area contributed by atoms with E-state index in [2.05, 4.69) is 39.8 Å². The Bertz CT molecular complexity index is 659. The van der Waals surface area contributed by atoms with Gasteiger partial charge in [-0.25, -0.2) is 0 Å². The zero-order valence-electron chi connectivity index (χ0n) is 17.3. The fourth-order valence-corrected chi connectivity index (χ4v) is 5.52. The van der Waals surface area contributed by atoms with Crippen molar-refractivity contribution in [3.05, 3.63) is 35.4 Å². The molecule has 2 N–H and O–H groups in total. The van der Waals surface area contributed by atoms with E-state index in [0.29, 0.717) is 6.54 Å². The van der Waals surface area contributed by atoms with E-state index in [-0.39, 0.29) is 48.3 Å². The lowest BCUT2D eigenvalue weighted by molar-refractivity contribution is -0.124. The topological polar surface area (TPSA) is 53.6 Å². The maximum Gasteiger partial charge on any atom is 0.234 e. The summed E-state index contributed by atoms with van der Waals surface area (Å²) < 4.78 is 6.05. The number of carbonyl (C=O) groups is 1. The lowest BCUT2D eigenvalue weighted by Gasteiger charge is -2.40. The van der Waals surface area contributed by atoms with Crippen LogP contribution in [0.1, 0.15) is 55.7 Å². The summed E-state index contributed by atoms with van der Waals surface area (Å²) >= 11 is 0. The number of hydrogen-bond acceptors (Lipinski definition) is 4. The van der Waals surface area contributed by atoms with Gasteiger partial charge in [0.05, 0.1) is 18.7 Å². The second-order valence-corrected chi connectivity index (χ2v) is 8.39. The largest absolute Gasteiger partial charge is 0.378 e. The summed E-state index contributed by atoms with van der Waals surface area (Å²) in [5.41, 5.74) is 2.63. The molecule has 2 saturated heterocycles. The normalized spacial score (nSPS) is 26.0. The SMILES string of the molecule is CO[C@H]1[C@H](NC(=O)CN2CCCCCC2)c2ccccc2C12CCNCC2.Cl.Cl. The van der Waals surface area contributed by atoms with Gasteiger partial charge in [0, 0.05) is 12.5 Å². The number of nitrogens with one attached hydrogen (secondary N) is 2. The number of benzene rings is 1. The van der Waals surface area contributed by atoms with Gasteiger partial charge in [-0.2, -0.15) is 0 Å². The highest BCUT2D eigenvalue weighted by Crippen LogP contribution is 2.51. The highest BCUT2D eigenvalue weighted by molar-refractivity contribution is 5.85. The van der Waals surface area contributed by atoms with Gasteiger partial charge in [-0.3, -0.25) is 9.69 Å². The summed E-state index contributed by atoms with van der Waals surface area (Å²) in [7, 11) is 1.80. The number of fused-ring (bicyclic) bond motifs is 2. The van der Waals surface area contributed by atoms with Crippen molar-refractivity contribution in [3.8, 4) is 0 Å². The van der Waals surface area contributed by atoms with Crippen LogP contribution in [-0.2, 0) is 14.9 Å². The number of rotatable bonds is 4. The van der Waals surface area contributed by atoms with Crippen LogP contribution in [0.15, 0.2) is 24.3 Å². The van der Waals surface area contributed by atoms with E-state index in [0.717, 1.165) is 39.0 Å². The molecule has 164 valence electrons. The first-order valence-corrected chi connectivity index (χ1v) is 10.6. The predicted octanol–water partition coefficient (Wildman–Crippen LogP) is 3.21. The molecule has 0 radical (unpaired) electrons. The van der Waals surface area contributed by atoms with E-state index >= 15 is 0 Å². The third kappa shape index (κ3) is 4.91. The molecule has 1 aromatic carbocycles. The van der Waals surface area contributed by atoms with Crippen LogP contribution in [0.2, 0.25) is 0 Å². The van der Waals surface area contributed by atoms with Gasteiger partial charge in [0.2, 0.25) is 5.91 Å². The third-order valence-electron chi connectivity index (χ3n) is 6.81. The lowest BCUT2D eigenvalue weighted by Crippen LogP contribution is -2.50. The molecule has 7 heteroatoms. The Kier molecular flexibility index (Phi) is 9.23. The molecule has 2 aliphatic heterocycles. The molecule has 0 saturated carbocycles. The fraction of sp³-hybridized carbons (Fsp3) is 0.682.